The molecule has 0 aromatic carbocycles. The summed E-state index contributed by atoms with van der Waals surface area (Å²) in [5.74, 6) is 0. The van der Waals surface area contributed by atoms with Gasteiger partial charge in [0.1, 0.15) is 12.4 Å². The zero-order chi connectivity index (χ0) is 7.40. The maximum Gasteiger partial charge on any atom is 3.00 e. The van der Waals surface area contributed by atoms with E-state index in [1.165, 1.54) is 12.8 Å². The quantitative estimate of drug-likeness (QED) is 0.385. The van der Waals surface area contributed by atoms with Crippen LogP contribution in [0.15, 0.2) is 18.7 Å². The molecule has 0 aliphatic rings. The van der Waals surface area contributed by atoms with Crippen LogP contribution in [0.3, 0.4) is 0 Å². The number of halogens is 4. The first-order valence-corrected chi connectivity index (χ1v) is 3.84. The second kappa shape index (κ2) is 17.5. The molecule has 0 unspecified atom stereocenters. The van der Waals surface area contributed by atoms with E-state index in [0.717, 1.165) is 6.54 Å². The molecule has 0 bridgehead atoms. The number of unbranched alkanes of at least 4 members (excludes halogenated alkanes) is 1. The summed E-state index contributed by atoms with van der Waals surface area (Å²) < 4.78 is 4.28. The van der Waals surface area contributed by atoms with Crippen molar-refractivity contribution in [3.05, 3.63) is 18.7 Å². The third kappa shape index (κ3) is 13.0. The second-order valence-electron chi connectivity index (χ2n) is 2.67. The van der Waals surface area contributed by atoms with Crippen molar-refractivity contribution >= 4 is 0 Å². The first-order chi connectivity index (χ1) is 4.83. The Labute approximate surface area is 132 Å². The first kappa shape index (κ1) is 29.8. The van der Waals surface area contributed by atoms with Gasteiger partial charge in [0.25, 0.3) is 0 Å². The molecule has 0 aliphatic heterocycles. The molecule has 1 aromatic heterocycles. The number of imidazole rings is 1. The number of rotatable bonds is 3. The largest absolute Gasteiger partial charge is 3.00 e. The average Bonchev–Trinajstić information content (AvgIpc) is 2.31. The van der Waals surface area contributed by atoms with Crippen LogP contribution in [0.5, 0.6) is 0 Å². The van der Waals surface area contributed by atoms with Gasteiger partial charge in [0.15, 0.2) is 0 Å². The van der Waals surface area contributed by atoms with Crippen LogP contribution in [0.2, 0.25) is 0 Å². The number of hydrogen-bond acceptors (Lipinski definition) is 0. The molecular weight excluding hydrogens is 314 g/mol. The molecule has 0 atom stereocenters. The summed E-state index contributed by atoms with van der Waals surface area (Å²) in [5, 5.41) is 0. The normalized spacial score (nSPS) is 6.80. The van der Waals surface area contributed by atoms with Gasteiger partial charge in [-0.25, -0.2) is 9.13 Å². The van der Waals surface area contributed by atoms with Crippen molar-refractivity contribution in [2.75, 3.05) is 0 Å². The van der Waals surface area contributed by atoms with E-state index in [1.54, 1.807) is 0 Å². The van der Waals surface area contributed by atoms with Crippen molar-refractivity contribution in [1.29, 1.82) is 0 Å². The summed E-state index contributed by atoms with van der Waals surface area (Å²) in [5.41, 5.74) is 0. The summed E-state index contributed by atoms with van der Waals surface area (Å²) in [6.45, 7) is 3.36. The van der Waals surface area contributed by atoms with Crippen LogP contribution < -0.4 is 54.2 Å². The minimum absolute atomic E-state index is 0. The van der Waals surface area contributed by atoms with E-state index in [0.29, 0.717) is 0 Å². The van der Waals surface area contributed by atoms with Crippen LogP contribution in [0.4, 0.5) is 0 Å². The van der Waals surface area contributed by atoms with Crippen LogP contribution in [-0.4, -0.2) is 4.57 Å². The van der Waals surface area contributed by atoms with Crippen molar-refractivity contribution in [2.45, 2.75) is 26.3 Å². The molecule has 1 rings (SSSR count). The topological polar surface area (TPSA) is 8.81 Å². The smallest absolute Gasteiger partial charge is 1.00 e. The summed E-state index contributed by atoms with van der Waals surface area (Å²) in [4.78, 5) is 0. The molecule has 1 aromatic rings. The van der Waals surface area contributed by atoms with E-state index in [4.69, 9.17) is 0 Å². The fourth-order valence-electron chi connectivity index (χ4n) is 0.975. The number of hydrogen-bond donors (Lipinski definition) is 0. The zero-order valence-corrected chi connectivity index (χ0v) is 13.3. The van der Waals surface area contributed by atoms with E-state index in [-0.39, 0.29) is 71.3 Å². The third-order valence-electron chi connectivity index (χ3n) is 1.59. The Morgan fingerprint density at radius 1 is 1.13 bits per heavy atom. The minimum atomic E-state index is 0. The molecule has 1 radical (unpaired) electrons. The predicted molar refractivity (Wildman–Crippen MR) is 40.5 cm³/mol. The molecule has 1 heterocycles. The fraction of sp³-hybridized carbons (Fsp3) is 0.625. The van der Waals surface area contributed by atoms with Gasteiger partial charge in [0.2, 0.25) is 6.33 Å². The van der Waals surface area contributed by atoms with Crippen molar-refractivity contribution in [3.63, 3.8) is 0 Å². The zero-order valence-electron chi connectivity index (χ0n) is 8.76. The fourth-order valence-corrected chi connectivity index (χ4v) is 0.975. The molecule has 7 heteroatoms. The van der Waals surface area contributed by atoms with E-state index in [9.17, 15) is 0 Å². The summed E-state index contributed by atoms with van der Waals surface area (Å²) in [7, 11) is 2.04. The van der Waals surface area contributed by atoms with Crippen LogP contribution in [0, 0.1) is 0 Å². The van der Waals surface area contributed by atoms with Gasteiger partial charge in [-0.05, 0) is 6.42 Å². The Bertz CT molecular complexity index is 208. The van der Waals surface area contributed by atoms with Gasteiger partial charge in [-0.15, -0.1) is 0 Å². The molecule has 0 spiro atoms. The Balaban J connectivity index is -0.0000000667. The summed E-state index contributed by atoms with van der Waals surface area (Å²) in [6.07, 6.45) is 8.82. The molecule has 15 heavy (non-hydrogen) atoms. The molecule has 0 aliphatic carbocycles. The maximum atomic E-state index is 2.21. The molecule has 2 nitrogen and oxygen atoms in total. The van der Waals surface area contributed by atoms with Gasteiger partial charge in [0.05, 0.1) is 13.6 Å². The second-order valence-corrected chi connectivity index (χ2v) is 2.67. The van der Waals surface area contributed by atoms with Crippen LogP contribution in [0.1, 0.15) is 19.8 Å². The third-order valence-corrected chi connectivity index (χ3v) is 1.59. The Kier molecular flexibility index (Phi) is 34.7. The average molecular weight is 329 g/mol. The van der Waals surface area contributed by atoms with Gasteiger partial charge in [-0.1, -0.05) is 13.3 Å². The first-order valence-electron chi connectivity index (χ1n) is 3.84. The summed E-state index contributed by atoms with van der Waals surface area (Å²) in [6, 6.07) is 0. The van der Waals surface area contributed by atoms with E-state index in [2.05, 4.69) is 34.8 Å². The predicted octanol–water partition coefficient (Wildman–Crippen LogP) is -10.9. The van der Waals surface area contributed by atoms with E-state index >= 15 is 0 Å². The standard InChI is InChI=1S/C8H15N2.4ClH.Ti/c1-3-4-5-10-7-6-9(2)8-10;;;;;/h6-8H,3-5H2,1-2H3;4*1H;/q+1;;;;;+3/p-4. The number of aryl methyl sites for hydroxylation is 2. The van der Waals surface area contributed by atoms with Crippen molar-refractivity contribution in [1.82, 2.24) is 4.57 Å². The number of aromatic nitrogens is 2. The monoisotopic (exact) mass is 327 g/mol. The Hall–Kier alpha value is 1.08. The Morgan fingerprint density at radius 3 is 2.00 bits per heavy atom. The molecular formula is C8H15Cl4N2Ti. The molecule has 0 fully saturated rings. The van der Waals surface area contributed by atoms with E-state index in [1.807, 2.05) is 7.05 Å². The summed E-state index contributed by atoms with van der Waals surface area (Å²) >= 11 is 0. The van der Waals surface area contributed by atoms with Crippen molar-refractivity contribution < 1.29 is 75.9 Å². The SMILES string of the molecule is CCCCn1cc[n+](C)c1.[Cl-].[Cl-].[Cl-].[Cl-].[Ti+3]. The maximum absolute atomic E-state index is 2.21. The molecule has 0 saturated heterocycles. The molecule has 89 valence electrons. The van der Waals surface area contributed by atoms with Gasteiger partial charge in [0, 0.05) is 0 Å². The van der Waals surface area contributed by atoms with Crippen LogP contribution in [0.25, 0.3) is 0 Å². The number of nitrogens with zero attached hydrogens (tertiary/aromatic N) is 2. The molecule has 0 saturated carbocycles. The van der Waals surface area contributed by atoms with Crippen LogP contribution in [-0.2, 0) is 35.3 Å². The van der Waals surface area contributed by atoms with Crippen LogP contribution >= 0.6 is 0 Å². The van der Waals surface area contributed by atoms with E-state index < -0.39 is 0 Å². The van der Waals surface area contributed by atoms with Gasteiger partial charge in [-0.2, -0.15) is 0 Å². The van der Waals surface area contributed by atoms with Gasteiger partial charge in [-0.3, -0.25) is 0 Å². The van der Waals surface area contributed by atoms with Gasteiger partial charge < -0.3 is 49.6 Å². The minimum Gasteiger partial charge on any atom is -1.00 e. The Morgan fingerprint density at radius 2 is 1.67 bits per heavy atom. The molecule has 0 amide bonds. The van der Waals surface area contributed by atoms with Crippen molar-refractivity contribution in [2.24, 2.45) is 7.05 Å². The van der Waals surface area contributed by atoms with Gasteiger partial charge >= 0.3 is 21.7 Å². The molecule has 0 N–H and O–H groups in total. The van der Waals surface area contributed by atoms with Crippen molar-refractivity contribution in [3.8, 4) is 0 Å².